The first-order valence-electron chi connectivity index (χ1n) is 6.12. The van der Waals surface area contributed by atoms with E-state index in [0.717, 1.165) is 18.7 Å². The van der Waals surface area contributed by atoms with Crippen molar-refractivity contribution in [3.63, 3.8) is 0 Å². The number of hydrogen-bond acceptors (Lipinski definition) is 5. The summed E-state index contributed by atoms with van der Waals surface area (Å²) >= 11 is 0. The summed E-state index contributed by atoms with van der Waals surface area (Å²) in [4.78, 5) is 17.9. The number of hydrogen-bond donors (Lipinski definition) is 1. The molecule has 98 valence electrons. The number of methoxy groups -OCH3 is 1. The Balaban J connectivity index is 2.11. The van der Waals surface area contributed by atoms with Crippen LogP contribution in [0.5, 0.6) is 0 Å². The fourth-order valence-corrected chi connectivity index (χ4v) is 2.35. The van der Waals surface area contributed by atoms with E-state index >= 15 is 0 Å². The van der Waals surface area contributed by atoms with E-state index in [4.69, 9.17) is 4.74 Å². The average Bonchev–Trinajstić information content (AvgIpc) is 2.39. The minimum absolute atomic E-state index is 0.377. The quantitative estimate of drug-likeness (QED) is 0.795. The molecule has 2 rings (SSSR count). The molecule has 5 heteroatoms. The van der Waals surface area contributed by atoms with Gasteiger partial charge in [-0.15, -0.1) is 0 Å². The van der Waals surface area contributed by atoms with Crippen LogP contribution in [0.3, 0.4) is 0 Å². The zero-order valence-electron chi connectivity index (χ0n) is 10.5. The number of pyridine rings is 1. The number of ether oxygens (including phenoxy) is 1. The topological polar surface area (TPSA) is 62.7 Å². The van der Waals surface area contributed by atoms with Crippen molar-refractivity contribution in [2.24, 2.45) is 0 Å². The summed E-state index contributed by atoms with van der Waals surface area (Å²) in [6, 6.07) is 5.10. The number of rotatable bonds is 3. The summed E-state index contributed by atoms with van der Waals surface area (Å²) in [6.07, 6.45) is 2.58. The number of esters is 1. The molecule has 18 heavy (non-hydrogen) atoms. The lowest BCUT2D eigenvalue weighted by Crippen LogP contribution is -2.52. The molecule has 2 unspecified atom stereocenters. The van der Waals surface area contributed by atoms with Gasteiger partial charge in [-0.2, -0.15) is 0 Å². The zero-order valence-corrected chi connectivity index (χ0v) is 10.5. The Morgan fingerprint density at radius 1 is 1.61 bits per heavy atom. The summed E-state index contributed by atoms with van der Waals surface area (Å²) in [5.74, 6) is -0.377. The van der Waals surface area contributed by atoms with Crippen LogP contribution in [0.15, 0.2) is 24.4 Å². The van der Waals surface area contributed by atoms with Crippen LogP contribution >= 0.6 is 0 Å². The van der Waals surface area contributed by atoms with Gasteiger partial charge in [0, 0.05) is 12.7 Å². The van der Waals surface area contributed by atoms with Crippen LogP contribution in [0.25, 0.3) is 0 Å². The molecular weight excluding hydrogens is 232 g/mol. The van der Waals surface area contributed by atoms with Gasteiger partial charge in [-0.1, -0.05) is 6.07 Å². The molecule has 2 atom stereocenters. The molecule has 1 aliphatic heterocycles. The lowest BCUT2D eigenvalue weighted by molar-refractivity contribution is -0.154. The molecular formula is C13H18N2O3. The third-order valence-electron chi connectivity index (χ3n) is 3.24. The Bertz CT molecular complexity index is 396. The predicted octanol–water partition coefficient (Wildman–Crippen LogP) is 0.580. The molecule has 0 amide bonds. The minimum atomic E-state index is -0.657. The second-order valence-corrected chi connectivity index (χ2v) is 4.47. The maximum atomic E-state index is 11.7. The number of carbonyl (C=O) groups excluding carboxylic acids is 1. The first-order chi connectivity index (χ1) is 8.72. The molecule has 2 heterocycles. The van der Waals surface area contributed by atoms with Gasteiger partial charge >= 0.3 is 5.97 Å². The molecule has 5 nitrogen and oxygen atoms in total. The molecule has 0 saturated carbocycles. The molecule has 1 aromatic heterocycles. The van der Waals surface area contributed by atoms with Gasteiger partial charge in [0.1, 0.15) is 6.04 Å². The molecule has 0 radical (unpaired) electrons. The van der Waals surface area contributed by atoms with Gasteiger partial charge in [-0.25, -0.2) is 0 Å². The normalized spacial score (nSPS) is 24.8. The molecule has 0 spiro atoms. The highest BCUT2D eigenvalue weighted by Gasteiger charge is 2.36. The number of nitrogens with zero attached hydrogens (tertiary/aromatic N) is 2. The Morgan fingerprint density at radius 3 is 3.11 bits per heavy atom. The van der Waals surface area contributed by atoms with E-state index in [-0.39, 0.29) is 5.97 Å². The van der Waals surface area contributed by atoms with Crippen molar-refractivity contribution in [1.82, 2.24) is 9.88 Å². The summed E-state index contributed by atoms with van der Waals surface area (Å²) in [6.45, 7) is 1.32. The Morgan fingerprint density at radius 2 is 2.44 bits per heavy atom. The van der Waals surface area contributed by atoms with Crippen LogP contribution in [-0.4, -0.2) is 46.8 Å². The van der Waals surface area contributed by atoms with Gasteiger partial charge in [0.2, 0.25) is 0 Å². The summed E-state index contributed by atoms with van der Waals surface area (Å²) in [5.41, 5.74) is 0.889. The molecule has 1 aliphatic rings. The molecule has 1 N–H and O–H groups in total. The van der Waals surface area contributed by atoms with E-state index in [9.17, 15) is 9.90 Å². The summed E-state index contributed by atoms with van der Waals surface area (Å²) in [7, 11) is 1.35. The number of piperidine rings is 1. The number of likely N-dealkylation sites (tertiary alicyclic amines) is 1. The zero-order chi connectivity index (χ0) is 13.0. The van der Waals surface area contributed by atoms with Crippen molar-refractivity contribution in [2.45, 2.75) is 31.5 Å². The van der Waals surface area contributed by atoms with Crippen molar-refractivity contribution in [2.75, 3.05) is 13.7 Å². The van der Waals surface area contributed by atoms with Crippen LogP contribution in [0.4, 0.5) is 0 Å². The lowest BCUT2D eigenvalue weighted by Gasteiger charge is -2.36. The van der Waals surface area contributed by atoms with Gasteiger partial charge in [-0.05, 0) is 31.5 Å². The highest BCUT2D eigenvalue weighted by Crippen LogP contribution is 2.20. The van der Waals surface area contributed by atoms with Crippen molar-refractivity contribution >= 4 is 5.97 Å². The standard InChI is InChI=1S/C13H18N2O3/c1-18-13(17)12-11(16)6-4-8-15(12)9-10-5-2-3-7-14-10/h2-3,5,7,11-12,16H,4,6,8-9H2,1H3. The highest BCUT2D eigenvalue weighted by atomic mass is 16.5. The molecule has 1 aromatic rings. The van der Waals surface area contributed by atoms with Crippen LogP contribution in [-0.2, 0) is 16.1 Å². The second kappa shape index (κ2) is 5.93. The Kier molecular flexibility index (Phi) is 4.28. The van der Waals surface area contributed by atoms with Crippen molar-refractivity contribution in [1.29, 1.82) is 0 Å². The van der Waals surface area contributed by atoms with E-state index in [1.54, 1.807) is 6.20 Å². The van der Waals surface area contributed by atoms with Gasteiger partial charge in [0.25, 0.3) is 0 Å². The molecule has 1 saturated heterocycles. The Labute approximate surface area is 106 Å². The van der Waals surface area contributed by atoms with Gasteiger partial charge < -0.3 is 9.84 Å². The van der Waals surface area contributed by atoms with Crippen LogP contribution in [0.2, 0.25) is 0 Å². The maximum absolute atomic E-state index is 11.7. The lowest BCUT2D eigenvalue weighted by atomic mass is 9.98. The van der Waals surface area contributed by atoms with Crippen LogP contribution < -0.4 is 0 Å². The minimum Gasteiger partial charge on any atom is -0.468 e. The van der Waals surface area contributed by atoms with Crippen LogP contribution in [0, 0.1) is 0 Å². The van der Waals surface area contributed by atoms with E-state index in [1.165, 1.54) is 7.11 Å². The van der Waals surface area contributed by atoms with E-state index in [0.29, 0.717) is 13.0 Å². The van der Waals surface area contributed by atoms with Crippen molar-refractivity contribution < 1.29 is 14.6 Å². The van der Waals surface area contributed by atoms with Crippen molar-refractivity contribution in [3.05, 3.63) is 30.1 Å². The number of carbonyl (C=O) groups is 1. The summed E-state index contributed by atoms with van der Waals surface area (Å²) < 4.78 is 4.77. The maximum Gasteiger partial charge on any atom is 0.325 e. The molecule has 0 bridgehead atoms. The summed E-state index contributed by atoms with van der Waals surface area (Å²) in [5, 5.41) is 9.96. The third kappa shape index (κ3) is 2.86. The molecule has 0 aliphatic carbocycles. The highest BCUT2D eigenvalue weighted by molar-refractivity contribution is 5.76. The SMILES string of the molecule is COC(=O)C1C(O)CCCN1Cc1ccccn1. The predicted molar refractivity (Wildman–Crippen MR) is 65.7 cm³/mol. The third-order valence-corrected chi connectivity index (χ3v) is 3.24. The number of aromatic nitrogens is 1. The van der Waals surface area contributed by atoms with Gasteiger partial charge in [0.05, 0.1) is 18.9 Å². The van der Waals surface area contributed by atoms with E-state index in [1.807, 2.05) is 23.1 Å². The number of aliphatic hydroxyl groups is 1. The van der Waals surface area contributed by atoms with Gasteiger partial charge in [-0.3, -0.25) is 14.7 Å². The van der Waals surface area contributed by atoms with E-state index in [2.05, 4.69) is 4.98 Å². The van der Waals surface area contributed by atoms with Crippen LogP contribution in [0.1, 0.15) is 18.5 Å². The first kappa shape index (κ1) is 13.0. The first-order valence-corrected chi connectivity index (χ1v) is 6.12. The fourth-order valence-electron chi connectivity index (χ4n) is 2.35. The number of aliphatic hydroxyl groups excluding tert-OH is 1. The largest absolute Gasteiger partial charge is 0.468 e. The fraction of sp³-hybridized carbons (Fsp3) is 0.538. The molecule has 0 aromatic carbocycles. The second-order valence-electron chi connectivity index (χ2n) is 4.47. The van der Waals surface area contributed by atoms with Crippen molar-refractivity contribution in [3.8, 4) is 0 Å². The monoisotopic (exact) mass is 250 g/mol. The Hall–Kier alpha value is -1.46. The van der Waals surface area contributed by atoms with Gasteiger partial charge in [0.15, 0.2) is 0 Å². The molecule has 1 fully saturated rings. The average molecular weight is 250 g/mol. The van der Waals surface area contributed by atoms with E-state index < -0.39 is 12.1 Å². The smallest absolute Gasteiger partial charge is 0.325 e.